The fourth-order valence-electron chi connectivity index (χ4n) is 2.84. The Labute approximate surface area is 144 Å². The maximum atomic E-state index is 14.2. The Hall–Kier alpha value is -2.04. The molecule has 2 N–H and O–H groups in total. The minimum absolute atomic E-state index is 0. The SMILES string of the molecule is Cl.Fc1ccccc1-c1[nH]c2ccc(Cl)cc2c1C1=NCCN1. The molecule has 0 unspecified atom stereocenters. The van der Waals surface area contributed by atoms with E-state index in [0.29, 0.717) is 10.6 Å². The number of fused-ring (bicyclic) bond motifs is 1. The molecule has 6 heteroatoms. The first-order chi connectivity index (χ1) is 10.7. The number of rotatable bonds is 2. The number of nitrogens with zero attached hydrogens (tertiary/aromatic N) is 1. The summed E-state index contributed by atoms with van der Waals surface area (Å²) >= 11 is 6.14. The molecule has 23 heavy (non-hydrogen) atoms. The van der Waals surface area contributed by atoms with Crippen molar-refractivity contribution in [3.63, 3.8) is 0 Å². The number of aromatic amines is 1. The second-order valence-electron chi connectivity index (χ2n) is 5.20. The molecule has 118 valence electrons. The zero-order valence-electron chi connectivity index (χ0n) is 12.1. The molecule has 3 nitrogen and oxygen atoms in total. The molecule has 2 aromatic carbocycles. The van der Waals surface area contributed by atoms with Gasteiger partial charge >= 0.3 is 0 Å². The molecule has 0 bridgehead atoms. The van der Waals surface area contributed by atoms with Crippen molar-refractivity contribution in [2.45, 2.75) is 0 Å². The lowest BCUT2D eigenvalue weighted by Crippen LogP contribution is -2.20. The minimum atomic E-state index is -0.264. The molecule has 4 rings (SSSR count). The van der Waals surface area contributed by atoms with E-state index in [2.05, 4.69) is 15.3 Å². The Morgan fingerprint density at radius 3 is 2.70 bits per heavy atom. The van der Waals surface area contributed by atoms with E-state index < -0.39 is 0 Å². The molecule has 0 amide bonds. The summed E-state index contributed by atoms with van der Waals surface area (Å²) in [5.74, 6) is 0.520. The summed E-state index contributed by atoms with van der Waals surface area (Å²) < 4.78 is 14.2. The molecular formula is C17H14Cl2FN3. The van der Waals surface area contributed by atoms with Crippen molar-refractivity contribution in [1.82, 2.24) is 10.3 Å². The first kappa shape index (κ1) is 15.8. The maximum Gasteiger partial charge on any atom is 0.132 e. The average Bonchev–Trinajstić information content (AvgIpc) is 3.14. The van der Waals surface area contributed by atoms with E-state index in [1.54, 1.807) is 12.1 Å². The second kappa shape index (κ2) is 6.22. The number of H-pyrrole nitrogens is 1. The summed E-state index contributed by atoms with van der Waals surface area (Å²) in [7, 11) is 0. The van der Waals surface area contributed by atoms with Crippen LogP contribution in [0.4, 0.5) is 4.39 Å². The molecule has 0 saturated heterocycles. The minimum Gasteiger partial charge on any atom is -0.368 e. The summed E-state index contributed by atoms with van der Waals surface area (Å²) in [5, 5.41) is 4.85. The largest absolute Gasteiger partial charge is 0.368 e. The predicted molar refractivity (Wildman–Crippen MR) is 95.4 cm³/mol. The average molecular weight is 350 g/mol. The molecule has 1 aliphatic heterocycles. The number of nitrogens with one attached hydrogen (secondary N) is 2. The van der Waals surface area contributed by atoms with Gasteiger partial charge in [0.2, 0.25) is 0 Å². The Morgan fingerprint density at radius 2 is 1.96 bits per heavy atom. The van der Waals surface area contributed by atoms with E-state index in [4.69, 9.17) is 11.6 Å². The molecule has 0 aliphatic carbocycles. The number of aromatic nitrogens is 1. The number of amidine groups is 1. The molecule has 1 aromatic heterocycles. The highest BCUT2D eigenvalue weighted by Gasteiger charge is 2.21. The van der Waals surface area contributed by atoms with Crippen molar-refractivity contribution in [2.24, 2.45) is 4.99 Å². The Balaban J connectivity index is 0.00000156. The van der Waals surface area contributed by atoms with Crippen LogP contribution in [0, 0.1) is 5.82 Å². The monoisotopic (exact) mass is 349 g/mol. The fourth-order valence-corrected chi connectivity index (χ4v) is 3.01. The summed E-state index contributed by atoms with van der Waals surface area (Å²) in [6.07, 6.45) is 0. The van der Waals surface area contributed by atoms with Gasteiger partial charge in [0.15, 0.2) is 0 Å². The lowest BCUT2D eigenvalue weighted by Gasteiger charge is -2.07. The number of halogens is 3. The Kier molecular flexibility index (Phi) is 4.28. The van der Waals surface area contributed by atoms with Gasteiger partial charge in [-0.3, -0.25) is 4.99 Å². The first-order valence-electron chi connectivity index (χ1n) is 7.09. The molecule has 1 aliphatic rings. The highest BCUT2D eigenvalue weighted by atomic mass is 35.5. The van der Waals surface area contributed by atoms with Crippen LogP contribution in [0.2, 0.25) is 5.02 Å². The first-order valence-corrected chi connectivity index (χ1v) is 7.46. The van der Waals surface area contributed by atoms with E-state index >= 15 is 0 Å². The highest BCUT2D eigenvalue weighted by Crippen LogP contribution is 2.33. The van der Waals surface area contributed by atoms with Crippen molar-refractivity contribution >= 4 is 40.7 Å². The third-order valence-corrected chi connectivity index (χ3v) is 4.05. The number of benzene rings is 2. The summed E-state index contributed by atoms with van der Waals surface area (Å²) in [5.41, 5.74) is 3.04. The molecular weight excluding hydrogens is 336 g/mol. The van der Waals surface area contributed by atoms with E-state index in [-0.39, 0.29) is 18.2 Å². The third kappa shape index (κ3) is 2.69. The van der Waals surface area contributed by atoms with Gasteiger partial charge < -0.3 is 10.3 Å². The van der Waals surface area contributed by atoms with Crippen LogP contribution in [0.3, 0.4) is 0 Å². The Bertz CT molecular complexity index is 902. The lowest BCUT2D eigenvalue weighted by molar-refractivity contribution is 0.631. The van der Waals surface area contributed by atoms with Crippen LogP contribution >= 0.6 is 24.0 Å². The van der Waals surface area contributed by atoms with E-state index in [9.17, 15) is 4.39 Å². The highest BCUT2D eigenvalue weighted by molar-refractivity contribution is 6.31. The van der Waals surface area contributed by atoms with Crippen molar-refractivity contribution in [3.05, 3.63) is 58.9 Å². The number of hydrogen-bond acceptors (Lipinski definition) is 2. The predicted octanol–water partition coefficient (Wildman–Crippen LogP) is 4.40. The van der Waals surface area contributed by atoms with E-state index in [1.165, 1.54) is 6.07 Å². The molecule has 0 spiro atoms. The van der Waals surface area contributed by atoms with Gasteiger partial charge in [0.25, 0.3) is 0 Å². The van der Waals surface area contributed by atoms with Gasteiger partial charge in [0, 0.05) is 28.0 Å². The quantitative estimate of drug-likeness (QED) is 0.707. The van der Waals surface area contributed by atoms with Crippen molar-refractivity contribution < 1.29 is 4.39 Å². The van der Waals surface area contributed by atoms with Crippen molar-refractivity contribution in [2.75, 3.05) is 13.1 Å². The van der Waals surface area contributed by atoms with Gasteiger partial charge in [-0.2, -0.15) is 0 Å². The van der Waals surface area contributed by atoms with Crippen LogP contribution in [-0.2, 0) is 0 Å². The normalized spacial score (nSPS) is 13.6. The van der Waals surface area contributed by atoms with Crippen LogP contribution in [-0.4, -0.2) is 23.9 Å². The zero-order chi connectivity index (χ0) is 15.1. The molecule has 0 fully saturated rings. The van der Waals surface area contributed by atoms with Crippen LogP contribution in [0.25, 0.3) is 22.2 Å². The summed E-state index contributed by atoms with van der Waals surface area (Å²) in [4.78, 5) is 7.80. The van der Waals surface area contributed by atoms with Crippen LogP contribution in [0.5, 0.6) is 0 Å². The Morgan fingerprint density at radius 1 is 1.13 bits per heavy atom. The summed E-state index contributed by atoms with van der Waals surface area (Å²) in [6, 6.07) is 12.3. The van der Waals surface area contributed by atoms with Crippen molar-refractivity contribution in [3.8, 4) is 11.3 Å². The van der Waals surface area contributed by atoms with Gasteiger partial charge in [0.1, 0.15) is 11.7 Å². The summed E-state index contributed by atoms with van der Waals surface area (Å²) in [6.45, 7) is 1.51. The van der Waals surface area contributed by atoms with E-state index in [1.807, 2.05) is 24.3 Å². The van der Waals surface area contributed by atoms with Gasteiger partial charge in [-0.05, 0) is 30.3 Å². The topological polar surface area (TPSA) is 40.2 Å². The van der Waals surface area contributed by atoms with Crippen LogP contribution in [0.15, 0.2) is 47.5 Å². The zero-order valence-corrected chi connectivity index (χ0v) is 13.6. The van der Waals surface area contributed by atoms with Crippen molar-refractivity contribution in [1.29, 1.82) is 0 Å². The fraction of sp³-hybridized carbons (Fsp3) is 0.118. The maximum absolute atomic E-state index is 14.2. The van der Waals surface area contributed by atoms with Gasteiger partial charge in [-0.15, -0.1) is 12.4 Å². The molecule has 3 aromatic rings. The van der Waals surface area contributed by atoms with Gasteiger partial charge in [-0.1, -0.05) is 23.7 Å². The second-order valence-corrected chi connectivity index (χ2v) is 5.64. The molecule has 0 radical (unpaired) electrons. The van der Waals surface area contributed by atoms with Crippen LogP contribution < -0.4 is 5.32 Å². The van der Waals surface area contributed by atoms with Gasteiger partial charge in [0.05, 0.1) is 17.8 Å². The molecule has 2 heterocycles. The molecule has 0 atom stereocenters. The third-order valence-electron chi connectivity index (χ3n) is 3.81. The number of aliphatic imine (C=N–C) groups is 1. The van der Waals surface area contributed by atoms with Gasteiger partial charge in [-0.25, -0.2) is 4.39 Å². The number of hydrogen-bond donors (Lipinski definition) is 2. The van der Waals surface area contributed by atoms with E-state index in [0.717, 1.165) is 41.1 Å². The van der Waals surface area contributed by atoms with Crippen LogP contribution in [0.1, 0.15) is 5.56 Å². The molecule has 0 saturated carbocycles. The smallest absolute Gasteiger partial charge is 0.132 e. The standard InChI is InChI=1S/C17H13ClFN3.ClH/c18-10-5-6-14-12(9-10)15(17-20-7-8-21-17)16(22-14)11-3-1-2-4-13(11)19;/h1-6,9,22H,7-8H2,(H,20,21);1H. The lowest BCUT2D eigenvalue weighted by atomic mass is 10.0.